The molecular weight excluding hydrogens is 192 g/mol. The molecule has 0 aliphatic heterocycles. The van der Waals surface area contributed by atoms with Gasteiger partial charge in [0.05, 0.1) is 12.1 Å². The number of nitrogens with one attached hydrogen (secondary N) is 2. The van der Waals surface area contributed by atoms with Crippen molar-refractivity contribution in [2.24, 2.45) is 0 Å². The lowest BCUT2D eigenvalue weighted by Gasteiger charge is -2.17. The third-order valence-electron chi connectivity index (χ3n) is 2.41. The van der Waals surface area contributed by atoms with Crippen LogP contribution in [-0.2, 0) is 4.79 Å². The van der Waals surface area contributed by atoms with E-state index in [9.17, 15) is 4.79 Å². The standard InChI is InChI=1S/C11H24N2O2/c1-5-8(2)13-11(15)10(4)12-7-6-9(3)14/h8-10,12,14H,5-7H2,1-4H3,(H,13,15). The predicted molar refractivity (Wildman–Crippen MR) is 61.7 cm³/mol. The highest BCUT2D eigenvalue weighted by atomic mass is 16.3. The van der Waals surface area contributed by atoms with Crippen LogP contribution in [0.5, 0.6) is 0 Å². The summed E-state index contributed by atoms with van der Waals surface area (Å²) in [7, 11) is 0. The Hall–Kier alpha value is -0.610. The van der Waals surface area contributed by atoms with Crippen LogP contribution in [0.15, 0.2) is 0 Å². The maximum absolute atomic E-state index is 11.6. The molecule has 0 fully saturated rings. The third-order valence-corrected chi connectivity index (χ3v) is 2.41. The summed E-state index contributed by atoms with van der Waals surface area (Å²) in [6.45, 7) is 8.26. The van der Waals surface area contributed by atoms with Gasteiger partial charge in [-0.3, -0.25) is 4.79 Å². The van der Waals surface area contributed by atoms with Crippen molar-refractivity contribution in [3.8, 4) is 0 Å². The van der Waals surface area contributed by atoms with Crippen molar-refractivity contribution < 1.29 is 9.90 Å². The molecule has 0 aromatic heterocycles. The molecule has 15 heavy (non-hydrogen) atoms. The smallest absolute Gasteiger partial charge is 0.237 e. The molecule has 1 amide bonds. The molecule has 90 valence electrons. The second-order valence-electron chi connectivity index (χ2n) is 4.13. The minimum absolute atomic E-state index is 0.0231. The van der Waals surface area contributed by atoms with Gasteiger partial charge in [0.1, 0.15) is 0 Å². The van der Waals surface area contributed by atoms with Crippen LogP contribution in [-0.4, -0.2) is 35.7 Å². The van der Waals surface area contributed by atoms with E-state index in [0.717, 1.165) is 6.42 Å². The van der Waals surface area contributed by atoms with Gasteiger partial charge in [0.2, 0.25) is 5.91 Å². The third kappa shape index (κ3) is 7.33. The van der Waals surface area contributed by atoms with Gasteiger partial charge in [0.15, 0.2) is 0 Å². The van der Waals surface area contributed by atoms with Crippen molar-refractivity contribution in [2.75, 3.05) is 6.54 Å². The Balaban J connectivity index is 3.69. The maximum Gasteiger partial charge on any atom is 0.237 e. The largest absolute Gasteiger partial charge is 0.393 e. The molecule has 0 radical (unpaired) electrons. The average molecular weight is 216 g/mol. The number of hydrogen-bond acceptors (Lipinski definition) is 3. The summed E-state index contributed by atoms with van der Waals surface area (Å²) in [4.78, 5) is 11.6. The van der Waals surface area contributed by atoms with Crippen molar-refractivity contribution in [3.05, 3.63) is 0 Å². The summed E-state index contributed by atoms with van der Waals surface area (Å²) in [6, 6.07) is 0.0243. The Morgan fingerprint density at radius 2 is 1.93 bits per heavy atom. The second-order valence-corrected chi connectivity index (χ2v) is 4.13. The minimum Gasteiger partial charge on any atom is -0.393 e. The summed E-state index contributed by atoms with van der Waals surface area (Å²) in [5, 5.41) is 15.0. The number of amides is 1. The first kappa shape index (κ1) is 14.4. The van der Waals surface area contributed by atoms with Gasteiger partial charge < -0.3 is 15.7 Å². The highest BCUT2D eigenvalue weighted by Gasteiger charge is 2.13. The van der Waals surface area contributed by atoms with Crippen molar-refractivity contribution in [3.63, 3.8) is 0 Å². The molecule has 0 spiro atoms. The van der Waals surface area contributed by atoms with E-state index in [4.69, 9.17) is 5.11 Å². The molecule has 0 saturated carbocycles. The van der Waals surface area contributed by atoms with Gasteiger partial charge in [-0.1, -0.05) is 6.92 Å². The van der Waals surface area contributed by atoms with Crippen molar-refractivity contribution in [1.29, 1.82) is 0 Å². The molecule has 0 heterocycles. The first-order valence-electron chi connectivity index (χ1n) is 5.69. The summed E-state index contributed by atoms with van der Waals surface area (Å²) >= 11 is 0. The zero-order chi connectivity index (χ0) is 11.8. The molecule has 0 saturated heterocycles. The molecule has 0 aliphatic rings. The lowest BCUT2D eigenvalue weighted by atomic mass is 10.2. The minimum atomic E-state index is -0.317. The van der Waals surface area contributed by atoms with E-state index in [2.05, 4.69) is 10.6 Å². The van der Waals surface area contributed by atoms with Crippen molar-refractivity contribution in [1.82, 2.24) is 10.6 Å². The van der Waals surface area contributed by atoms with Crippen LogP contribution in [0.3, 0.4) is 0 Å². The Kier molecular flexibility index (Phi) is 7.34. The molecule has 4 heteroatoms. The topological polar surface area (TPSA) is 61.4 Å². The van der Waals surface area contributed by atoms with E-state index >= 15 is 0 Å². The Bertz CT molecular complexity index is 183. The summed E-state index contributed by atoms with van der Waals surface area (Å²) in [6.07, 6.45) is 1.29. The summed E-state index contributed by atoms with van der Waals surface area (Å²) in [5.74, 6) is 0.0231. The van der Waals surface area contributed by atoms with Crippen LogP contribution < -0.4 is 10.6 Å². The van der Waals surface area contributed by atoms with Crippen LogP contribution in [0.25, 0.3) is 0 Å². The number of aliphatic hydroxyl groups excluding tert-OH is 1. The van der Waals surface area contributed by atoms with Gasteiger partial charge in [-0.15, -0.1) is 0 Å². The van der Waals surface area contributed by atoms with Gasteiger partial charge >= 0.3 is 0 Å². The maximum atomic E-state index is 11.6. The first-order valence-corrected chi connectivity index (χ1v) is 5.69. The van der Waals surface area contributed by atoms with Crippen LogP contribution >= 0.6 is 0 Å². The van der Waals surface area contributed by atoms with E-state index in [1.54, 1.807) is 6.92 Å². The van der Waals surface area contributed by atoms with E-state index < -0.39 is 0 Å². The number of hydrogen-bond donors (Lipinski definition) is 3. The quantitative estimate of drug-likeness (QED) is 0.585. The van der Waals surface area contributed by atoms with Gasteiger partial charge in [-0.2, -0.15) is 0 Å². The average Bonchev–Trinajstić information content (AvgIpc) is 2.16. The first-order chi connectivity index (χ1) is 6.97. The zero-order valence-corrected chi connectivity index (χ0v) is 10.2. The highest BCUT2D eigenvalue weighted by molar-refractivity contribution is 5.81. The second kappa shape index (κ2) is 7.65. The van der Waals surface area contributed by atoms with Crippen LogP contribution in [0, 0.1) is 0 Å². The normalized spacial score (nSPS) is 16.9. The zero-order valence-electron chi connectivity index (χ0n) is 10.2. The Morgan fingerprint density at radius 3 is 2.40 bits per heavy atom. The SMILES string of the molecule is CCC(C)NC(=O)C(C)NCCC(C)O. The Labute approximate surface area is 92.4 Å². The van der Waals surface area contributed by atoms with Gasteiger partial charge in [0, 0.05) is 6.04 Å². The van der Waals surface area contributed by atoms with Gasteiger partial charge in [-0.25, -0.2) is 0 Å². The molecule has 0 aliphatic carbocycles. The van der Waals surface area contributed by atoms with Crippen LogP contribution in [0.2, 0.25) is 0 Å². The molecule has 0 bridgehead atoms. The Morgan fingerprint density at radius 1 is 1.33 bits per heavy atom. The predicted octanol–water partition coefficient (Wildman–Crippen LogP) is 0.650. The molecule has 3 N–H and O–H groups in total. The van der Waals surface area contributed by atoms with E-state index in [-0.39, 0.29) is 24.1 Å². The number of aliphatic hydroxyl groups is 1. The molecule has 0 aromatic carbocycles. The molecule has 4 nitrogen and oxygen atoms in total. The van der Waals surface area contributed by atoms with E-state index in [0.29, 0.717) is 13.0 Å². The van der Waals surface area contributed by atoms with Crippen molar-refractivity contribution >= 4 is 5.91 Å². The number of carbonyl (C=O) groups excluding carboxylic acids is 1. The van der Waals surface area contributed by atoms with Crippen molar-refractivity contribution in [2.45, 2.75) is 58.7 Å². The van der Waals surface area contributed by atoms with Gasteiger partial charge in [0.25, 0.3) is 0 Å². The lowest BCUT2D eigenvalue weighted by molar-refractivity contribution is -0.123. The lowest BCUT2D eigenvalue weighted by Crippen LogP contribution is -2.45. The van der Waals surface area contributed by atoms with Gasteiger partial charge in [-0.05, 0) is 40.2 Å². The van der Waals surface area contributed by atoms with E-state index in [1.165, 1.54) is 0 Å². The number of rotatable bonds is 7. The fourth-order valence-corrected chi connectivity index (χ4v) is 1.07. The molecule has 3 unspecified atom stereocenters. The fourth-order valence-electron chi connectivity index (χ4n) is 1.07. The summed E-state index contributed by atoms with van der Waals surface area (Å²) in [5.41, 5.74) is 0. The fraction of sp³-hybridized carbons (Fsp3) is 0.909. The summed E-state index contributed by atoms with van der Waals surface area (Å²) < 4.78 is 0. The number of carbonyl (C=O) groups is 1. The molecular formula is C11H24N2O2. The molecule has 0 rings (SSSR count). The van der Waals surface area contributed by atoms with Crippen LogP contribution in [0.1, 0.15) is 40.5 Å². The van der Waals surface area contributed by atoms with E-state index in [1.807, 2.05) is 20.8 Å². The van der Waals surface area contributed by atoms with Crippen LogP contribution in [0.4, 0.5) is 0 Å². The molecule has 3 atom stereocenters. The molecule has 0 aromatic rings. The monoisotopic (exact) mass is 216 g/mol. The highest BCUT2D eigenvalue weighted by Crippen LogP contribution is 1.92.